The van der Waals surface area contributed by atoms with Crippen LogP contribution in [0.25, 0.3) is 0 Å². The SMILES string of the molecule is Cc1cc(C(C)(C)C)cc(C)c1CN1CCC(N)C(C)C1. The van der Waals surface area contributed by atoms with E-state index >= 15 is 0 Å². The van der Waals surface area contributed by atoms with Gasteiger partial charge in [-0.1, -0.05) is 39.8 Å². The van der Waals surface area contributed by atoms with Crippen LogP contribution in [0.15, 0.2) is 12.1 Å². The summed E-state index contributed by atoms with van der Waals surface area (Å²) in [5.41, 5.74) is 12.2. The summed E-state index contributed by atoms with van der Waals surface area (Å²) in [6.07, 6.45) is 1.12. The van der Waals surface area contributed by atoms with Crippen LogP contribution in [0, 0.1) is 19.8 Å². The normalized spacial score (nSPS) is 24.3. The first-order chi connectivity index (χ1) is 9.68. The summed E-state index contributed by atoms with van der Waals surface area (Å²) in [4.78, 5) is 2.57. The van der Waals surface area contributed by atoms with Crippen LogP contribution < -0.4 is 5.73 Å². The van der Waals surface area contributed by atoms with Crippen LogP contribution in [0.5, 0.6) is 0 Å². The molecule has 1 heterocycles. The Kier molecular flexibility index (Phi) is 4.79. The van der Waals surface area contributed by atoms with E-state index in [0.29, 0.717) is 12.0 Å². The highest BCUT2D eigenvalue weighted by Gasteiger charge is 2.24. The number of piperidine rings is 1. The molecule has 0 radical (unpaired) electrons. The number of hydrogen-bond acceptors (Lipinski definition) is 2. The Bertz CT molecular complexity index is 476. The van der Waals surface area contributed by atoms with Gasteiger partial charge in [-0.05, 0) is 60.4 Å². The highest BCUT2D eigenvalue weighted by atomic mass is 15.1. The molecule has 2 N–H and O–H groups in total. The van der Waals surface area contributed by atoms with Crippen LogP contribution in [-0.2, 0) is 12.0 Å². The Morgan fingerprint density at radius 2 is 1.76 bits per heavy atom. The molecule has 2 rings (SSSR count). The van der Waals surface area contributed by atoms with E-state index in [0.717, 1.165) is 26.1 Å². The maximum Gasteiger partial charge on any atom is 0.0239 e. The summed E-state index contributed by atoms with van der Waals surface area (Å²) >= 11 is 0. The van der Waals surface area contributed by atoms with Crippen molar-refractivity contribution in [2.45, 2.75) is 66.0 Å². The van der Waals surface area contributed by atoms with Gasteiger partial charge in [0.1, 0.15) is 0 Å². The van der Waals surface area contributed by atoms with Gasteiger partial charge in [0.05, 0.1) is 0 Å². The zero-order valence-corrected chi connectivity index (χ0v) is 14.7. The van der Waals surface area contributed by atoms with Crippen molar-refractivity contribution in [2.75, 3.05) is 13.1 Å². The van der Waals surface area contributed by atoms with Gasteiger partial charge in [-0.3, -0.25) is 4.90 Å². The molecule has 2 nitrogen and oxygen atoms in total. The van der Waals surface area contributed by atoms with Gasteiger partial charge in [0.2, 0.25) is 0 Å². The molecule has 0 bridgehead atoms. The lowest BCUT2D eigenvalue weighted by molar-refractivity contribution is 0.157. The second-order valence-corrected chi connectivity index (χ2v) is 8.00. The van der Waals surface area contributed by atoms with E-state index in [9.17, 15) is 0 Å². The topological polar surface area (TPSA) is 29.3 Å². The fourth-order valence-electron chi connectivity index (χ4n) is 3.29. The van der Waals surface area contributed by atoms with Crippen molar-refractivity contribution in [2.24, 2.45) is 11.7 Å². The van der Waals surface area contributed by atoms with Crippen molar-refractivity contribution in [1.29, 1.82) is 0 Å². The molecule has 2 atom stereocenters. The largest absolute Gasteiger partial charge is 0.327 e. The summed E-state index contributed by atoms with van der Waals surface area (Å²) in [5, 5.41) is 0. The first kappa shape index (κ1) is 16.5. The summed E-state index contributed by atoms with van der Waals surface area (Å²) < 4.78 is 0. The number of rotatable bonds is 2. The molecule has 21 heavy (non-hydrogen) atoms. The van der Waals surface area contributed by atoms with E-state index in [4.69, 9.17) is 5.73 Å². The molecule has 1 fully saturated rings. The lowest BCUT2D eigenvalue weighted by atomic mass is 9.83. The Labute approximate surface area is 130 Å². The molecule has 0 aliphatic carbocycles. The van der Waals surface area contributed by atoms with Gasteiger partial charge in [-0.2, -0.15) is 0 Å². The predicted molar refractivity (Wildman–Crippen MR) is 91.6 cm³/mol. The van der Waals surface area contributed by atoms with E-state index in [1.54, 1.807) is 0 Å². The lowest BCUT2D eigenvalue weighted by Crippen LogP contribution is -2.45. The molecule has 0 amide bonds. The summed E-state index contributed by atoms with van der Waals surface area (Å²) in [7, 11) is 0. The summed E-state index contributed by atoms with van der Waals surface area (Å²) in [5.74, 6) is 0.605. The van der Waals surface area contributed by atoms with Crippen LogP contribution in [-0.4, -0.2) is 24.0 Å². The standard InChI is InChI=1S/C19H32N2/c1-13-9-16(19(4,5)6)10-14(2)17(13)12-21-8-7-18(20)15(3)11-21/h9-10,15,18H,7-8,11-12,20H2,1-6H3. The molecule has 1 aromatic carbocycles. The quantitative estimate of drug-likeness (QED) is 0.897. The Hall–Kier alpha value is -0.860. The number of likely N-dealkylation sites (tertiary alicyclic amines) is 1. The molecule has 1 saturated heterocycles. The summed E-state index contributed by atoms with van der Waals surface area (Å²) in [6, 6.07) is 5.13. The van der Waals surface area contributed by atoms with Gasteiger partial charge in [-0.15, -0.1) is 0 Å². The average Bonchev–Trinajstić information content (AvgIpc) is 2.36. The van der Waals surface area contributed by atoms with Crippen molar-refractivity contribution >= 4 is 0 Å². The number of nitrogens with zero attached hydrogens (tertiary/aromatic N) is 1. The average molecular weight is 288 g/mol. The molecule has 2 unspecified atom stereocenters. The monoisotopic (exact) mass is 288 g/mol. The highest BCUT2D eigenvalue weighted by Crippen LogP contribution is 2.28. The highest BCUT2D eigenvalue weighted by molar-refractivity contribution is 5.40. The molecule has 1 aromatic rings. The van der Waals surface area contributed by atoms with Gasteiger partial charge in [0, 0.05) is 19.1 Å². The molecule has 1 aliphatic rings. The molecule has 118 valence electrons. The fourth-order valence-corrected chi connectivity index (χ4v) is 3.29. The molecular weight excluding hydrogens is 256 g/mol. The molecule has 0 aromatic heterocycles. The lowest BCUT2D eigenvalue weighted by Gasteiger charge is -2.36. The molecule has 0 saturated carbocycles. The van der Waals surface area contributed by atoms with E-state index in [2.05, 4.69) is 58.6 Å². The Balaban J connectivity index is 2.18. The van der Waals surface area contributed by atoms with Crippen molar-refractivity contribution in [3.63, 3.8) is 0 Å². The number of nitrogens with two attached hydrogens (primary N) is 1. The number of aryl methyl sites for hydroxylation is 2. The minimum atomic E-state index is 0.223. The van der Waals surface area contributed by atoms with E-state index in [-0.39, 0.29) is 5.41 Å². The van der Waals surface area contributed by atoms with Gasteiger partial charge < -0.3 is 5.73 Å². The molecule has 2 heteroatoms. The second kappa shape index (κ2) is 6.10. The molecule has 0 spiro atoms. The van der Waals surface area contributed by atoms with Crippen LogP contribution in [0.4, 0.5) is 0 Å². The van der Waals surface area contributed by atoms with Crippen LogP contribution >= 0.6 is 0 Å². The zero-order chi connectivity index (χ0) is 15.8. The van der Waals surface area contributed by atoms with Crippen molar-refractivity contribution < 1.29 is 0 Å². The van der Waals surface area contributed by atoms with Gasteiger partial charge in [0.25, 0.3) is 0 Å². The predicted octanol–water partition coefficient (Wildman–Crippen LogP) is 3.77. The number of hydrogen-bond donors (Lipinski definition) is 1. The maximum absolute atomic E-state index is 6.13. The Morgan fingerprint density at radius 1 is 1.19 bits per heavy atom. The van der Waals surface area contributed by atoms with Gasteiger partial charge in [0.15, 0.2) is 0 Å². The third-order valence-electron chi connectivity index (χ3n) is 5.00. The van der Waals surface area contributed by atoms with Crippen LogP contribution in [0.1, 0.15) is 56.4 Å². The first-order valence-corrected chi connectivity index (χ1v) is 8.27. The summed E-state index contributed by atoms with van der Waals surface area (Å²) in [6.45, 7) is 17.0. The minimum Gasteiger partial charge on any atom is -0.327 e. The second-order valence-electron chi connectivity index (χ2n) is 8.00. The van der Waals surface area contributed by atoms with Gasteiger partial charge in [-0.25, -0.2) is 0 Å². The Morgan fingerprint density at radius 3 is 2.24 bits per heavy atom. The third-order valence-corrected chi connectivity index (χ3v) is 5.00. The third kappa shape index (κ3) is 3.87. The first-order valence-electron chi connectivity index (χ1n) is 8.27. The zero-order valence-electron chi connectivity index (χ0n) is 14.7. The van der Waals surface area contributed by atoms with Crippen molar-refractivity contribution in [3.05, 3.63) is 34.4 Å². The smallest absolute Gasteiger partial charge is 0.0239 e. The van der Waals surface area contributed by atoms with Gasteiger partial charge >= 0.3 is 0 Å². The fraction of sp³-hybridized carbons (Fsp3) is 0.684. The van der Waals surface area contributed by atoms with E-state index in [1.165, 1.54) is 22.3 Å². The van der Waals surface area contributed by atoms with E-state index in [1.807, 2.05) is 0 Å². The molecular formula is C19H32N2. The van der Waals surface area contributed by atoms with Crippen molar-refractivity contribution in [1.82, 2.24) is 4.90 Å². The number of benzene rings is 1. The van der Waals surface area contributed by atoms with Crippen molar-refractivity contribution in [3.8, 4) is 0 Å². The minimum absolute atomic E-state index is 0.223. The van der Waals surface area contributed by atoms with E-state index < -0.39 is 0 Å². The van der Waals surface area contributed by atoms with Crippen LogP contribution in [0.2, 0.25) is 0 Å². The molecule has 1 aliphatic heterocycles. The van der Waals surface area contributed by atoms with Crippen LogP contribution in [0.3, 0.4) is 0 Å². The maximum atomic E-state index is 6.13.